The summed E-state index contributed by atoms with van der Waals surface area (Å²) in [6.45, 7) is 0. The minimum absolute atomic E-state index is 0.254. The molecule has 0 saturated carbocycles. The first-order chi connectivity index (χ1) is 9.65. The van der Waals surface area contributed by atoms with Crippen LogP contribution in [0.4, 0.5) is 5.82 Å². The van der Waals surface area contributed by atoms with Crippen LogP contribution in [0.2, 0.25) is 5.15 Å². The summed E-state index contributed by atoms with van der Waals surface area (Å²) >= 11 is 9.19. The van der Waals surface area contributed by atoms with Crippen LogP contribution in [0.25, 0.3) is 17.1 Å². The van der Waals surface area contributed by atoms with E-state index in [0.717, 1.165) is 11.1 Å². The number of hydrogen-bond donors (Lipinski definition) is 1. The quantitative estimate of drug-likeness (QED) is 0.720. The van der Waals surface area contributed by atoms with E-state index in [4.69, 9.17) is 17.3 Å². The van der Waals surface area contributed by atoms with Crippen molar-refractivity contribution in [2.45, 2.75) is 0 Å². The van der Waals surface area contributed by atoms with Gasteiger partial charge in [-0.05, 0) is 21.5 Å². The Hall–Kier alpha value is -1.92. The molecule has 0 unspecified atom stereocenters. The van der Waals surface area contributed by atoms with Gasteiger partial charge in [0.2, 0.25) is 0 Å². The summed E-state index contributed by atoms with van der Waals surface area (Å²) in [4.78, 5) is 8.29. The van der Waals surface area contributed by atoms with Crippen LogP contribution >= 0.6 is 27.5 Å². The molecule has 7 heteroatoms. The highest BCUT2D eigenvalue weighted by atomic mass is 79.9. The zero-order valence-electron chi connectivity index (χ0n) is 10.2. The molecule has 0 aliphatic rings. The van der Waals surface area contributed by atoms with Crippen molar-refractivity contribution in [1.82, 2.24) is 19.7 Å². The van der Waals surface area contributed by atoms with E-state index in [0.29, 0.717) is 10.4 Å². The van der Waals surface area contributed by atoms with Crippen LogP contribution in [-0.4, -0.2) is 19.7 Å². The van der Waals surface area contributed by atoms with Crippen LogP contribution in [0.15, 0.2) is 47.2 Å². The molecule has 0 bridgehead atoms. The molecule has 3 aromatic rings. The number of halogens is 2. The molecular formula is C13H9BrClN5. The molecule has 0 fully saturated rings. The monoisotopic (exact) mass is 349 g/mol. The fraction of sp³-hybridized carbons (Fsp3) is 0. The van der Waals surface area contributed by atoms with Gasteiger partial charge in [0.15, 0.2) is 5.15 Å². The molecule has 2 N–H and O–H groups in total. The summed E-state index contributed by atoms with van der Waals surface area (Å²) < 4.78 is 2.02. The first-order valence-corrected chi connectivity index (χ1v) is 6.91. The summed E-state index contributed by atoms with van der Waals surface area (Å²) in [5.41, 5.74) is 7.78. The van der Waals surface area contributed by atoms with Gasteiger partial charge < -0.3 is 5.73 Å². The highest BCUT2D eigenvalue weighted by molar-refractivity contribution is 9.10. The van der Waals surface area contributed by atoms with E-state index in [2.05, 4.69) is 31.0 Å². The van der Waals surface area contributed by atoms with Crippen molar-refractivity contribution in [1.29, 1.82) is 0 Å². The molecule has 2 aromatic heterocycles. The van der Waals surface area contributed by atoms with E-state index in [1.54, 1.807) is 6.20 Å². The molecule has 0 radical (unpaired) electrons. The molecule has 2 heterocycles. The fourth-order valence-corrected chi connectivity index (χ4v) is 2.09. The van der Waals surface area contributed by atoms with Crippen molar-refractivity contribution in [2.75, 3.05) is 5.73 Å². The third-order valence-corrected chi connectivity index (χ3v) is 4.00. The largest absolute Gasteiger partial charge is 0.383 e. The molecule has 0 spiro atoms. The Morgan fingerprint density at radius 1 is 1.10 bits per heavy atom. The third-order valence-electron chi connectivity index (χ3n) is 2.72. The maximum absolute atomic E-state index is 5.97. The van der Waals surface area contributed by atoms with Crippen LogP contribution in [0.1, 0.15) is 0 Å². The van der Waals surface area contributed by atoms with E-state index >= 15 is 0 Å². The number of benzene rings is 1. The third kappa shape index (κ3) is 2.39. The van der Waals surface area contributed by atoms with Crippen LogP contribution in [-0.2, 0) is 0 Å². The number of rotatable bonds is 2. The average molecular weight is 351 g/mol. The van der Waals surface area contributed by atoms with Crippen molar-refractivity contribution in [3.8, 4) is 17.1 Å². The van der Waals surface area contributed by atoms with Gasteiger partial charge in [0.25, 0.3) is 5.95 Å². The average Bonchev–Trinajstić information content (AvgIpc) is 2.95. The van der Waals surface area contributed by atoms with Gasteiger partial charge in [0, 0.05) is 11.8 Å². The molecule has 0 saturated heterocycles. The van der Waals surface area contributed by atoms with Crippen molar-refractivity contribution in [3.05, 3.63) is 52.4 Å². The summed E-state index contributed by atoms with van der Waals surface area (Å²) in [5, 5.41) is 4.49. The first-order valence-electron chi connectivity index (χ1n) is 5.74. The minimum atomic E-state index is 0.254. The Morgan fingerprint density at radius 2 is 1.85 bits per heavy atom. The predicted molar refractivity (Wildman–Crippen MR) is 81.7 cm³/mol. The lowest BCUT2D eigenvalue weighted by Gasteiger charge is -2.03. The topological polar surface area (TPSA) is 69.6 Å². The Labute approximate surface area is 128 Å². The maximum atomic E-state index is 5.97. The lowest BCUT2D eigenvalue weighted by atomic mass is 10.1. The standard InChI is InChI=1S/C13H9BrClN5/c14-10-11(15)18-13(19-12(10)16)20-7-9(6-17-20)8-4-2-1-3-5-8/h1-7H,(H2,16,18,19). The molecule has 3 rings (SSSR count). The summed E-state index contributed by atoms with van der Waals surface area (Å²) in [7, 11) is 0. The SMILES string of the molecule is Nc1nc(-n2cc(-c3ccccc3)cn2)nc(Cl)c1Br. The van der Waals surface area contributed by atoms with E-state index in [1.807, 2.05) is 36.5 Å². The zero-order valence-corrected chi connectivity index (χ0v) is 12.5. The van der Waals surface area contributed by atoms with Gasteiger partial charge in [-0.1, -0.05) is 41.9 Å². The summed E-state index contributed by atoms with van der Waals surface area (Å²) in [5.74, 6) is 0.606. The summed E-state index contributed by atoms with van der Waals surface area (Å²) in [6, 6.07) is 9.91. The van der Waals surface area contributed by atoms with Crippen LogP contribution in [0.5, 0.6) is 0 Å². The number of aromatic nitrogens is 4. The number of anilines is 1. The smallest absolute Gasteiger partial charge is 0.254 e. The fourth-order valence-electron chi connectivity index (χ4n) is 1.74. The predicted octanol–water partition coefficient (Wildman–Crippen LogP) is 3.33. The van der Waals surface area contributed by atoms with Gasteiger partial charge in [-0.25, -0.2) is 4.68 Å². The lowest BCUT2D eigenvalue weighted by Crippen LogP contribution is -2.05. The molecule has 0 amide bonds. The second-order valence-electron chi connectivity index (χ2n) is 4.05. The molecule has 100 valence electrons. The van der Waals surface area contributed by atoms with Crippen LogP contribution in [0.3, 0.4) is 0 Å². The molecule has 20 heavy (non-hydrogen) atoms. The van der Waals surface area contributed by atoms with Gasteiger partial charge in [-0.15, -0.1) is 0 Å². The first kappa shape index (κ1) is 13.1. The molecule has 0 aliphatic carbocycles. The van der Waals surface area contributed by atoms with Crippen molar-refractivity contribution in [3.63, 3.8) is 0 Å². The van der Waals surface area contributed by atoms with E-state index in [1.165, 1.54) is 4.68 Å². The van der Waals surface area contributed by atoms with Crippen molar-refractivity contribution < 1.29 is 0 Å². The van der Waals surface area contributed by atoms with E-state index < -0.39 is 0 Å². The number of nitrogen functional groups attached to an aromatic ring is 1. The van der Waals surface area contributed by atoms with Crippen molar-refractivity contribution >= 4 is 33.3 Å². The lowest BCUT2D eigenvalue weighted by molar-refractivity contribution is 0.809. The minimum Gasteiger partial charge on any atom is -0.383 e. The molecule has 0 aliphatic heterocycles. The molecular weight excluding hydrogens is 342 g/mol. The van der Waals surface area contributed by atoms with Gasteiger partial charge in [-0.2, -0.15) is 15.1 Å². The highest BCUT2D eigenvalue weighted by Crippen LogP contribution is 2.26. The van der Waals surface area contributed by atoms with Crippen LogP contribution < -0.4 is 5.73 Å². The second kappa shape index (κ2) is 5.22. The Kier molecular flexibility index (Phi) is 3.42. The zero-order chi connectivity index (χ0) is 14.1. The van der Waals surface area contributed by atoms with Crippen LogP contribution in [0, 0.1) is 0 Å². The Bertz CT molecular complexity index is 733. The maximum Gasteiger partial charge on any atom is 0.254 e. The van der Waals surface area contributed by atoms with Gasteiger partial charge in [-0.3, -0.25) is 0 Å². The number of nitrogens with zero attached hydrogens (tertiary/aromatic N) is 4. The molecule has 1 aromatic carbocycles. The summed E-state index contributed by atoms with van der Waals surface area (Å²) in [6.07, 6.45) is 3.57. The Balaban J connectivity index is 2.03. The van der Waals surface area contributed by atoms with Crippen molar-refractivity contribution in [2.24, 2.45) is 0 Å². The van der Waals surface area contributed by atoms with E-state index in [9.17, 15) is 0 Å². The van der Waals surface area contributed by atoms with Gasteiger partial charge in [0.1, 0.15) is 5.82 Å². The normalized spacial score (nSPS) is 10.7. The number of nitrogens with two attached hydrogens (primary N) is 1. The van der Waals surface area contributed by atoms with Gasteiger partial charge >= 0.3 is 0 Å². The van der Waals surface area contributed by atoms with E-state index in [-0.39, 0.29) is 11.0 Å². The molecule has 0 atom stereocenters. The second-order valence-corrected chi connectivity index (χ2v) is 5.20. The Morgan fingerprint density at radius 3 is 2.55 bits per heavy atom. The van der Waals surface area contributed by atoms with Gasteiger partial charge in [0.05, 0.1) is 10.7 Å². The molecule has 5 nitrogen and oxygen atoms in total. The number of hydrogen-bond acceptors (Lipinski definition) is 4. The highest BCUT2D eigenvalue weighted by Gasteiger charge is 2.11.